The van der Waals surface area contributed by atoms with Gasteiger partial charge in [0.05, 0.1) is 25.6 Å². The van der Waals surface area contributed by atoms with Crippen molar-refractivity contribution in [2.24, 2.45) is 0 Å². The minimum Gasteiger partial charge on any atom is -0.495 e. The molecule has 0 saturated carbocycles. The first-order chi connectivity index (χ1) is 13.0. The van der Waals surface area contributed by atoms with Crippen LogP contribution >= 0.6 is 11.6 Å². The summed E-state index contributed by atoms with van der Waals surface area (Å²) in [7, 11) is 3.24. The van der Waals surface area contributed by atoms with Crippen molar-refractivity contribution in [2.45, 2.75) is 13.8 Å². The summed E-state index contributed by atoms with van der Waals surface area (Å²) in [6.45, 7) is 3.92. The van der Waals surface area contributed by atoms with Gasteiger partial charge in [-0.15, -0.1) is 0 Å². The molecule has 0 fully saturated rings. The van der Waals surface area contributed by atoms with E-state index in [0.717, 1.165) is 28.4 Å². The lowest BCUT2D eigenvalue weighted by Gasteiger charge is -2.14. The van der Waals surface area contributed by atoms with Crippen LogP contribution in [0.1, 0.15) is 11.3 Å². The molecule has 0 radical (unpaired) electrons. The van der Waals surface area contributed by atoms with Crippen LogP contribution in [-0.2, 0) is 0 Å². The highest BCUT2D eigenvalue weighted by Gasteiger charge is 2.10. The van der Waals surface area contributed by atoms with E-state index < -0.39 is 0 Å². The number of hydrogen-bond donors (Lipinski definition) is 2. The molecule has 0 bridgehead atoms. The molecule has 27 heavy (non-hydrogen) atoms. The topological polar surface area (TPSA) is 68.3 Å². The second-order valence-corrected chi connectivity index (χ2v) is 6.45. The van der Waals surface area contributed by atoms with E-state index in [1.54, 1.807) is 32.4 Å². The zero-order valence-electron chi connectivity index (χ0n) is 15.6. The monoisotopic (exact) mass is 384 g/mol. The van der Waals surface area contributed by atoms with Gasteiger partial charge in [-0.25, -0.2) is 4.98 Å². The number of nitrogens with zero attached hydrogens (tertiary/aromatic N) is 2. The van der Waals surface area contributed by atoms with Crippen molar-refractivity contribution in [3.05, 3.63) is 58.7 Å². The molecule has 7 heteroatoms. The molecule has 1 aromatic heterocycles. The van der Waals surface area contributed by atoms with Crippen molar-refractivity contribution in [3.63, 3.8) is 0 Å². The molecule has 0 aliphatic rings. The number of hydrogen-bond acceptors (Lipinski definition) is 6. The van der Waals surface area contributed by atoms with Crippen LogP contribution in [0.5, 0.6) is 11.5 Å². The van der Waals surface area contributed by atoms with Crippen LogP contribution in [0.3, 0.4) is 0 Å². The minimum atomic E-state index is 0.461. The van der Waals surface area contributed by atoms with Gasteiger partial charge in [-0.05, 0) is 49.7 Å². The number of benzene rings is 2. The molecule has 2 aromatic carbocycles. The first kappa shape index (κ1) is 18.8. The maximum atomic E-state index is 6.10. The molecule has 0 atom stereocenters. The van der Waals surface area contributed by atoms with Crippen LogP contribution in [0, 0.1) is 13.8 Å². The third-order valence-corrected chi connectivity index (χ3v) is 4.12. The number of ether oxygens (including phenoxy) is 2. The standard InChI is InChI=1S/C20H21ClN4O2/c1-12-5-7-17(26-3)15(9-12)24-20-22-13(2)10-19(25-20)23-16-11-14(21)6-8-18(16)27-4/h5-11H,1-4H3,(H2,22,23,24,25). The Morgan fingerprint density at radius 3 is 2.19 bits per heavy atom. The Kier molecular flexibility index (Phi) is 5.66. The van der Waals surface area contributed by atoms with Gasteiger partial charge in [-0.1, -0.05) is 17.7 Å². The van der Waals surface area contributed by atoms with E-state index in [1.165, 1.54) is 0 Å². The molecule has 3 aromatic rings. The Morgan fingerprint density at radius 2 is 1.48 bits per heavy atom. The molecule has 1 heterocycles. The van der Waals surface area contributed by atoms with Gasteiger partial charge in [0, 0.05) is 16.8 Å². The fraction of sp³-hybridized carbons (Fsp3) is 0.200. The van der Waals surface area contributed by atoms with Crippen molar-refractivity contribution in [3.8, 4) is 11.5 Å². The summed E-state index contributed by atoms with van der Waals surface area (Å²) in [5.74, 6) is 2.47. The molecule has 3 rings (SSSR count). The van der Waals surface area contributed by atoms with Gasteiger partial charge in [0.2, 0.25) is 5.95 Å². The summed E-state index contributed by atoms with van der Waals surface area (Å²) >= 11 is 6.10. The average Bonchev–Trinajstić information content (AvgIpc) is 2.61. The fourth-order valence-corrected chi connectivity index (χ4v) is 2.82. The van der Waals surface area contributed by atoms with Crippen molar-refractivity contribution in [1.29, 1.82) is 0 Å². The number of aromatic nitrogens is 2. The van der Waals surface area contributed by atoms with Crippen LogP contribution in [-0.4, -0.2) is 24.2 Å². The predicted molar refractivity (Wildman–Crippen MR) is 109 cm³/mol. The van der Waals surface area contributed by atoms with E-state index >= 15 is 0 Å². The Balaban J connectivity index is 1.92. The summed E-state index contributed by atoms with van der Waals surface area (Å²) in [6, 6.07) is 13.1. The zero-order chi connectivity index (χ0) is 19.4. The van der Waals surface area contributed by atoms with Gasteiger partial charge in [-0.2, -0.15) is 4.98 Å². The van der Waals surface area contributed by atoms with Crippen molar-refractivity contribution < 1.29 is 9.47 Å². The maximum absolute atomic E-state index is 6.10. The number of aryl methyl sites for hydroxylation is 2. The molecule has 140 valence electrons. The van der Waals surface area contributed by atoms with E-state index in [1.807, 2.05) is 38.1 Å². The molecule has 6 nitrogen and oxygen atoms in total. The van der Waals surface area contributed by atoms with E-state index in [2.05, 4.69) is 20.6 Å². The quantitative estimate of drug-likeness (QED) is 0.604. The maximum Gasteiger partial charge on any atom is 0.229 e. The highest BCUT2D eigenvalue weighted by molar-refractivity contribution is 6.31. The number of anilines is 4. The lowest BCUT2D eigenvalue weighted by molar-refractivity contribution is 0.416. The Bertz CT molecular complexity index is 889. The SMILES string of the molecule is COc1ccc(Cl)cc1Nc1cc(C)nc(Nc2cc(C)ccc2OC)n1. The molecule has 0 spiro atoms. The molecule has 0 aliphatic heterocycles. The van der Waals surface area contributed by atoms with Gasteiger partial charge >= 0.3 is 0 Å². The summed E-state index contributed by atoms with van der Waals surface area (Å²) in [5, 5.41) is 7.07. The third-order valence-electron chi connectivity index (χ3n) is 3.88. The number of halogens is 1. The Morgan fingerprint density at radius 1 is 0.815 bits per heavy atom. The lowest BCUT2D eigenvalue weighted by atomic mass is 10.2. The minimum absolute atomic E-state index is 0.461. The number of methoxy groups -OCH3 is 2. The highest BCUT2D eigenvalue weighted by Crippen LogP contribution is 2.31. The van der Waals surface area contributed by atoms with Gasteiger partial charge in [0.25, 0.3) is 0 Å². The molecule has 0 aliphatic carbocycles. The van der Waals surface area contributed by atoms with Gasteiger partial charge in [0.1, 0.15) is 17.3 Å². The number of rotatable bonds is 6. The van der Waals surface area contributed by atoms with Crippen LogP contribution < -0.4 is 20.1 Å². The second-order valence-electron chi connectivity index (χ2n) is 6.02. The number of nitrogens with one attached hydrogen (secondary N) is 2. The predicted octanol–water partition coefficient (Wildman–Crippen LogP) is 5.25. The van der Waals surface area contributed by atoms with Gasteiger partial charge < -0.3 is 20.1 Å². The Hall–Kier alpha value is -2.99. The van der Waals surface area contributed by atoms with Crippen molar-refractivity contribution >= 4 is 34.7 Å². The fourth-order valence-electron chi connectivity index (χ4n) is 2.64. The molecular weight excluding hydrogens is 364 g/mol. The average molecular weight is 385 g/mol. The molecule has 0 saturated heterocycles. The normalized spacial score (nSPS) is 10.4. The first-order valence-electron chi connectivity index (χ1n) is 8.36. The molecule has 0 unspecified atom stereocenters. The highest BCUT2D eigenvalue weighted by atomic mass is 35.5. The van der Waals surface area contributed by atoms with E-state index in [-0.39, 0.29) is 0 Å². The summed E-state index contributed by atoms with van der Waals surface area (Å²) in [5.41, 5.74) is 3.44. The summed E-state index contributed by atoms with van der Waals surface area (Å²) in [4.78, 5) is 9.01. The van der Waals surface area contributed by atoms with Gasteiger partial charge in [0.15, 0.2) is 0 Å². The van der Waals surface area contributed by atoms with Crippen molar-refractivity contribution in [2.75, 3.05) is 24.9 Å². The third kappa shape index (κ3) is 4.60. The van der Waals surface area contributed by atoms with Crippen molar-refractivity contribution in [1.82, 2.24) is 9.97 Å². The summed E-state index contributed by atoms with van der Waals surface area (Å²) in [6.07, 6.45) is 0. The van der Waals surface area contributed by atoms with Crippen LogP contribution in [0.25, 0.3) is 0 Å². The second kappa shape index (κ2) is 8.14. The molecule has 0 amide bonds. The van der Waals surface area contributed by atoms with E-state index in [4.69, 9.17) is 21.1 Å². The zero-order valence-corrected chi connectivity index (χ0v) is 16.4. The molecular formula is C20H21ClN4O2. The van der Waals surface area contributed by atoms with Crippen LogP contribution in [0.4, 0.5) is 23.1 Å². The smallest absolute Gasteiger partial charge is 0.229 e. The Labute approximate surface area is 163 Å². The van der Waals surface area contributed by atoms with Crippen LogP contribution in [0.15, 0.2) is 42.5 Å². The molecule has 2 N–H and O–H groups in total. The van der Waals surface area contributed by atoms with E-state index in [9.17, 15) is 0 Å². The van der Waals surface area contributed by atoms with E-state index in [0.29, 0.717) is 22.5 Å². The lowest BCUT2D eigenvalue weighted by Crippen LogP contribution is -2.04. The van der Waals surface area contributed by atoms with Crippen LogP contribution in [0.2, 0.25) is 5.02 Å². The summed E-state index contributed by atoms with van der Waals surface area (Å²) < 4.78 is 10.8. The largest absolute Gasteiger partial charge is 0.495 e. The van der Waals surface area contributed by atoms with Gasteiger partial charge in [-0.3, -0.25) is 0 Å². The first-order valence-corrected chi connectivity index (χ1v) is 8.74.